The van der Waals surface area contributed by atoms with E-state index in [9.17, 15) is 19.2 Å². The maximum Gasteiger partial charge on any atom is 0.326 e. The van der Waals surface area contributed by atoms with E-state index >= 15 is 0 Å². The van der Waals surface area contributed by atoms with E-state index < -0.39 is 36.9 Å². The zero-order chi connectivity index (χ0) is 23.4. The Hall–Kier alpha value is -3.10. The number of likely N-dealkylation sites (tertiary alicyclic amines) is 1. The molecule has 1 N–H and O–H groups in total. The summed E-state index contributed by atoms with van der Waals surface area (Å²) in [5.41, 5.74) is 0.569. The zero-order valence-corrected chi connectivity index (χ0v) is 19.1. The van der Waals surface area contributed by atoms with Crippen LogP contribution in [0.2, 0.25) is 5.02 Å². The van der Waals surface area contributed by atoms with Crippen molar-refractivity contribution in [3.8, 4) is 0 Å². The quantitative estimate of drug-likeness (QED) is 0.364. The molecule has 0 aromatic heterocycles. The lowest BCUT2D eigenvalue weighted by Gasteiger charge is -2.14. The molecule has 1 fully saturated rings. The van der Waals surface area contributed by atoms with E-state index in [0.29, 0.717) is 23.6 Å². The third kappa shape index (κ3) is 5.46. The van der Waals surface area contributed by atoms with Crippen molar-refractivity contribution in [3.05, 3.63) is 65.7 Å². The summed E-state index contributed by atoms with van der Waals surface area (Å²) in [4.78, 5) is 52.2. The molecule has 0 bridgehead atoms. The number of imide groups is 1. The largest absolute Gasteiger partial charge is 0.454 e. The first-order valence-electron chi connectivity index (χ1n) is 10.4. The van der Waals surface area contributed by atoms with Gasteiger partial charge in [0.2, 0.25) is 11.8 Å². The van der Waals surface area contributed by atoms with Gasteiger partial charge in [0.25, 0.3) is 5.91 Å². The van der Waals surface area contributed by atoms with Gasteiger partial charge in [-0.2, -0.15) is 0 Å². The van der Waals surface area contributed by atoms with Crippen molar-refractivity contribution in [2.24, 2.45) is 11.8 Å². The number of fused-ring (bicyclic) bond motifs is 1. The minimum atomic E-state index is -0.803. The Balaban J connectivity index is 1.30. The molecule has 0 radical (unpaired) electrons. The number of amides is 3. The van der Waals surface area contributed by atoms with Gasteiger partial charge in [-0.1, -0.05) is 47.6 Å². The van der Waals surface area contributed by atoms with Crippen molar-refractivity contribution in [1.29, 1.82) is 0 Å². The van der Waals surface area contributed by atoms with Crippen molar-refractivity contribution in [3.63, 3.8) is 0 Å². The first kappa shape index (κ1) is 23.1. The van der Waals surface area contributed by atoms with Gasteiger partial charge in [-0.05, 0) is 49.2 Å². The fourth-order valence-electron chi connectivity index (χ4n) is 3.82. The first-order valence-corrected chi connectivity index (χ1v) is 11.6. The molecule has 3 amide bonds. The minimum absolute atomic E-state index is 0.357. The van der Waals surface area contributed by atoms with Crippen LogP contribution in [0.15, 0.2) is 70.5 Å². The summed E-state index contributed by atoms with van der Waals surface area (Å²) in [6, 6.07) is 14.6. The number of nitrogens with zero attached hydrogens (tertiary/aromatic N) is 1. The number of esters is 1. The second kappa shape index (κ2) is 10.2. The van der Waals surface area contributed by atoms with Gasteiger partial charge in [-0.15, -0.1) is 0 Å². The number of allylic oxidation sites excluding steroid dienone is 2. The lowest BCUT2D eigenvalue weighted by atomic mass is 9.85. The smallest absolute Gasteiger partial charge is 0.326 e. The van der Waals surface area contributed by atoms with Crippen LogP contribution >= 0.6 is 23.4 Å². The second-order valence-corrected chi connectivity index (χ2v) is 9.23. The lowest BCUT2D eigenvalue weighted by molar-refractivity contribution is -0.154. The zero-order valence-electron chi connectivity index (χ0n) is 17.5. The number of hydrogen-bond acceptors (Lipinski definition) is 6. The number of para-hydroxylation sites is 1. The van der Waals surface area contributed by atoms with Crippen LogP contribution in [0.25, 0.3) is 0 Å². The Bertz CT molecular complexity index is 1090. The van der Waals surface area contributed by atoms with E-state index in [2.05, 4.69) is 5.32 Å². The molecule has 9 heteroatoms. The summed E-state index contributed by atoms with van der Waals surface area (Å²) in [6.07, 6.45) is 4.75. The van der Waals surface area contributed by atoms with Gasteiger partial charge in [0.15, 0.2) is 6.61 Å². The van der Waals surface area contributed by atoms with E-state index in [0.717, 1.165) is 14.7 Å². The third-order valence-electron chi connectivity index (χ3n) is 5.45. The fraction of sp³-hybridized carbons (Fsp3) is 0.250. The molecule has 2 aromatic carbocycles. The molecular formula is C24H21ClN2O5S. The van der Waals surface area contributed by atoms with Crippen molar-refractivity contribution in [2.75, 3.05) is 18.5 Å². The molecule has 1 heterocycles. The second-order valence-electron chi connectivity index (χ2n) is 7.68. The van der Waals surface area contributed by atoms with E-state index in [1.165, 1.54) is 11.8 Å². The highest BCUT2D eigenvalue weighted by molar-refractivity contribution is 7.99. The molecule has 4 rings (SSSR count). The molecule has 0 spiro atoms. The lowest BCUT2D eigenvalue weighted by Crippen LogP contribution is -2.37. The summed E-state index contributed by atoms with van der Waals surface area (Å²) < 4.78 is 5.03. The normalized spacial score (nSPS) is 19.4. The predicted octanol–water partition coefficient (Wildman–Crippen LogP) is 3.92. The number of ether oxygens (including phenoxy) is 1. The van der Waals surface area contributed by atoms with Gasteiger partial charge in [0.05, 0.1) is 17.5 Å². The maximum atomic E-state index is 12.4. The molecule has 7 nitrogen and oxygen atoms in total. The number of carbonyl (C=O) groups excluding carboxylic acids is 4. The van der Waals surface area contributed by atoms with Crippen LogP contribution in [0, 0.1) is 11.8 Å². The van der Waals surface area contributed by atoms with Crippen molar-refractivity contribution < 1.29 is 23.9 Å². The highest BCUT2D eigenvalue weighted by atomic mass is 35.5. The van der Waals surface area contributed by atoms with E-state index in [4.69, 9.17) is 16.3 Å². The van der Waals surface area contributed by atoms with Crippen molar-refractivity contribution >= 4 is 52.7 Å². The summed E-state index contributed by atoms with van der Waals surface area (Å²) in [5, 5.41) is 3.37. The average Bonchev–Trinajstić information content (AvgIpc) is 3.05. The molecule has 1 saturated heterocycles. The fourth-order valence-corrected chi connectivity index (χ4v) is 4.85. The summed E-state index contributed by atoms with van der Waals surface area (Å²) >= 11 is 7.38. The van der Waals surface area contributed by atoms with Crippen LogP contribution < -0.4 is 5.32 Å². The topological polar surface area (TPSA) is 92.8 Å². The van der Waals surface area contributed by atoms with Crippen LogP contribution in [0.4, 0.5) is 5.69 Å². The molecular weight excluding hydrogens is 464 g/mol. The maximum absolute atomic E-state index is 12.4. The van der Waals surface area contributed by atoms with Gasteiger partial charge in [0.1, 0.15) is 6.54 Å². The molecule has 0 saturated carbocycles. The number of rotatable bonds is 7. The number of hydrogen-bond donors (Lipinski definition) is 1. The summed E-state index contributed by atoms with van der Waals surface area (Å²) in [5.74, 6) is -2.86. The van der Waals surface area contributed by atoms with E-state index in [1.54, 1.807) is 24.3 Å². The van der Waals surface area contributed by atoms with Crippen molar-refractivity contribution in [2.45, 2.75) is 22.6 Å². The average molecular weight is 485 g/mol. The molecule has 170 valence electrons. The molecule has 1 aliphatic carbocycles. The number of carbonyl (C=O) groups is 4. The van der Waals surface area contributed by atoms with Gasteiger partial charge < -0.3 is 10.1 Å². The highest BCUT2D eigenvalue weighted by Gasteiger charge is 2.47. The molecule has 1 aliphatic heterocycles. The minimum Gasteiger partial charge on any atom is -0.454 e. The summed E-state index contributed by atoms with van der Waals surface area (Å²) in [7, 11) is 0. The SMILES string of the molecule is O=C(COC(=O)CN1C(=O)[C@H]2CC=CC[C@@H]2C1=O)Nc1ccccc1Sc1ccc(Cl)cc1. The van der Waals surface area contributed by atoms with Crippen LogP contribution in [0.3, 0.4) is 0 Å². The number of benzene rings is 2. The van der Waals surface area contributed by atoms with Gasteiger partial charge in [-0.25, -0.2) is 0 Å². The van der Waals surface area contributed by atoms with Crippen LogP contribution in [0.5, 0.6) is 0 Å². The number of nitrogens with one attached hydrogen (secondary N) is 1. The third-order valence-corrected chi connectivity index (χ3v) is 6.79. The first-order chi connectivity index (χ1) is 15.9. The molecule has 2 aliphatic rings. The van der Waals surface area contributed by atoms with Gasteiger partial charge in [-0.3, -0.25) is 24.1 Å². The molecule has 0 unspecified atom stereocenters. The Morgan fingerprint density at radius 3 is 2.30 bits per heavy atom. The molecule has 2 atom stereocenters. The predicted molar refractivity (Wildman–Crippen MR) is 124 cm³/mol. The Morgan fingerprint density at radius 2 is 1.64 bits per heavy atom. The number of anilines is 1. The van der Waals surface area contributed by atoms with Crippen LogP contribution in [-0.4, -0.2) is 41.7 Å². The summed E-state index contributed by atoms with van der Waals surface area (Å²) in [6.45, 7) is -1.01. The molecule has 33 heavy (non-hydrogen) atoms. The van der Waals surface area contributed by atoms with Crippen LogP contribution in [0.1, 0.15) is 12.8 Å². The van der Waals surface area contributed by atoms with E-state index in [-0.39, 0.29) is 11.8 Å². The molecule has 2 aromatic rings. The Kier molecular flexibility index (Phi) is 7.15. The Morgan fingerprint density at radius 1 is 1.00 bits per heavy atom. The highest BCUT2D eigenvalue weighted by Crippen LogP contribution is 2.35. The number of halogens is 1. The van der Waals surface area contributed by atoms with Gasteiger partial charge >= 0.3 is 5.97 Å². The monoisotopic (exact) mass is 484 g/mol. The van der Waals surface area contributed by atoms with E-state index in [1.807, 2.05) is 36.4 Å². The standard InChI is InChI=1S/C24H21ClN2O5S/c25-15-9-11-16(12-10-15)33-20-8-4-3-7-19(20)26-21(28)14-32-22(29)13-27-23(30)17-5-1-2-6-18(17)24(27)31/h1-4,7-12,17-18H,5-6,13-14H2,(H,26,28)/t17-,18-/m0/s1. The Labute approximate surface area is 200 Å². The van der Waals surface area contributed by atoms with Gasteiger partial charge in [0, 0.05) is 14.8 Å². The van der Waals surface area contributed by atoms with Crippen LogP contribution in [-0.2, 0) is 23.9 Å². The van der Waals surface area contributed by atoms with Crippen molar-refractivity contribution in [1.82, 2.24) is 4.90 Å².